The molecule has 0 aliphatic carbocycles. The molecule has 6 nitrogen and oxygen atoms in total. The molecular formula is C12H20O6. The van der Waals surface area contributed by atoms with E-state index >= 15 is 0 Å². The lowest BCUT2D eigenvalue weighted by Crippen LogP contribution is -1.98. The van der Waals surface area contributed by atoms with Gasteiger partial charge in [-0.1, -0.05) is 25.0 Å². The molecule has 18 heavy (non-hydrogen) atoms. The first kappa shape index (κ1) is 15.0. The van der Waals surface area contributed by atoms with Crippen molar-refractivity contribution in [2.45, 2.75) is 38.5 Å². The molecule has 0 amide bonds. The van der Waals surface area contributed by atoms with Crippen LogP contribution in [0.2, 0.25) is 0 Å². The van der Waals surface area contributed by atoms with E-state index < -0.39 is 0 Å². The van der Waals surface area contributed by atoms with Crippen LogP contribution in [-0.4, -0.2) is 13.2 Å². The Morgan fingerprint density at radius 3 is 2.56 bits per heavy atom. The van der Waals surface area contributed by atoms with Crippen LogP contribution in [0, 0.1) is 0 Å². The van der Waals surface area contributed by atoms with Gasteiger partial charge in [0.15, 0.2) is 6.26 Å². The van der Waals surface area contributed by atoms with Gasteiger partial charge in [-0.2, -0.15) is 0 Å². The van der Waals surface area contributed by atoms with Crippen molar-refractivity contribution in [1.29, 1.82) is 0 Å². The molecule has 0 saturated heterocycles. The number of ether oxygens (including phenoxy) is 1. The fourth-order valence-electron chi connectivity index (χ4n) is 1.39. The van der Waals surface area contributed by atoms with Crippen molar-refractivity contribution in [2.75, 3.05) is 13.2 Å². The molecule has 0 unspecified atom stereocenters. The zero-order valence-electron chi connectivity index (χ0n) is 10.4. The van der Waals surface area contributed by atoms with Crippen LogP contribution in [0.25, 0.3) is 0 Å². The fourth-order valence-corrected chi connectivity index (χ4v) is 1.39. The summed E-state index contributed by atoms with van der Waals surface area (Å²) in [6.07, 6.45) is 13.2. The molecule has 0 N–H and O–H groups in total. The SMILES string of the molecule is C1=CCCOOOOOC=COCCCCCC1. The molecule has 6 heteroatoms. The summed E-state index contributed by atoms with van der Waals surface area (Å²) < 4.78 is 5.15. The van der Waals surface area contributed by atoms with Crippen molar-refractivity contribution in [2.24, 2.45) is 0 Å². The lowest BCUT2D eigenvalue weighted by molar-refractivity contribution is -0.700. The van der Waals surface area contributed by atoms with Gasteiger partial charge in [-0.05, 0) is 30.7 Å². The molecular weight excluding hydrogens is 240 g/mol. The van der Waals surface area contributed by atoms with Crippen LogP contribution in [0.3, 0.4) is 0 Å². The fraction of sp³-hybridized carbons (Fsp3) is 0.667. The Kier molecular flexibility index (Phi) is 10.3. The molecule has 0 radical (unpaired) electrons. The Labute approximate surface area is 107 Å². The van der Waals surface area contributed by atoms with Gasteiger partial charge in [0, 0.05) is 10.1 Å². The monoisotopic (exact) mass is 260 g/mol. The van der Waals surface area contributed by atoms with Crippen LogP contribution in [0.15, 0.2) is 24.7 Å². The maximum absolute atomic E-state index is 5.15. The van der Waals surface area contributed by atoms with Crippen molar-refractivity contribution in [3.8, 4) is 0 Å². The van der Waals surface area contributed by atoms with Gasteiger partial charge in [-0.15, -0.1) is 0 Å². The zero-order valence-corrected chi connectivity index (χ0v) is 10.4. The molecule has 1 heterocycles. The Hall–Kier alpha value is -1.08. The summed E-state index contributed by atoms with van der Waals surface area (Å²) in [5.74, 6) is 0. The lowest BCUT2D eigenvalue weighted by atomic mass is 10.1. The number of hydrogen-bond donors (Lipinski definition) is 0. The predicted octanol–water partition coefficient (Wildman–Crippen LogP) is 3.13. The third-order valence-corrected chi connectivity index (χ3v) is 2.27. The van der Waals surface area contributed by atoms with Crippen LogP contribution < -0.4 is 0 Å². The van der Waals surface area contributed by atoms with E-state index in [4.69, 9.17) is 4.74 Å². The molecule has 1 rings (SSSR count). The lowest BCUT2D eigenvalue weighted by Gasteiger charge is -2.02. The first-order chi connectivity index (χ1) is 9.00. The Balaban J connectivity index is 2.12. The topological polar surface area (TPSA) is 55.4 Å². The highest BCUT2D eigenvalue weighted by molar-refractivity contribution is 4.81. The van der Waals surface area contributed by atoms with E-state index in [-0.39, 0.29) is 0 Å². The number of rotatable bonds is 0. The molecule has 0 fully saturated rings. The minimum Gasteiger partial charge on any atom is -0.498 e. The highest BCUT2D eigenvalue weighted by Crippen LogP contribution is 2.04. The summed E-state index contributed by atoms with van der Waals surface area (Å²) in [4.78, 5) is 9.08. The minimum absolute atomic E-state index is 0.388. The van der Waals surface area contributed by atoms with Gasteiger partial charge >= 0.3 is 0 Å². The quantitative estimate of drug-likeness (QED) is 0.492. The standard InChI is InChI=1S/C12H20O6/c1-2-4-6-8-10-14-16-18-17-15-12-11-13-9-7-5-3-1/h4,6,11-12H,1-3,5,7-10H2. The normalized spacial score (nSPS) is 21.3. The molecule has 0 bridgehead atoms. The van der Waals surface area contributed by atoms with E-state index in [9.17, 15) is 0 Å². The van der Waals surface area contributed by atoms with Gasteiger partial charge in [-0.3, -0.25) is 0 Å². The molecule has 0 atom stereocenters. The second-order valence-electron chi connectivity index (χ2n) is 3.73. The molecule has 104 valence electrons. The first-order valence-corrected chi connectivity index (χ1v) is 6.20. The molecule has 0 saturated carbocycles. The zero-order chi connectivity index (χ0) is 12.7. The molecule has 0 spiro atoms. The van der Waals surface area contributed by atoms with Gasteiger partial charge in [-0.25, -0.2) is 4.89 Å². The van der Waals surface area contributed by atoms with E-state index in [1.54, 1.807) is 0 Å². The van der Waals surface area contributed by atoms with Crippen molar-refractivity contribution in [1.82, 2.24) is 0 Å². The Morgan fingerprint density at radius 2 is 1.56 bits per heavy atom. The second kappa shape index (κ2) is 12.4. The molecule has 1 aliphatic heterocycles. The van der Waals surface area contributed by atoms with Crippen molar-refractivity contribution in [3.63, 3.8) is 0 Å². The van der Waals surface area contributed by atoms with E-state index in [1.165, 1.54) is 31.8 Å². The highest BCUT2D eigenvalue weighted by Gasteiger charge is 1.92. The van der Waals surface area contributed by atoms with E-state index in [0.717, 1.165) is 19.3 Å². The van der Waals surface area contributed by atoms with Crippen LogP contribution in [0.1, 0.15) is 38.5 Å². The summed E-state index contributed by atoms with van der Waals surface area (Å²) in [5.41, 5.74) is 0. The third-order valence-electron chi connectivity index (χ3n) is 2.27. The van der Waals surface area contributed by atoms with Crippen molar-refractivity contribution < 1.29 is 29.6 Å². The summed E-state index contributed by atoms with van der Waals surface area (Å²) in [6.45, 7) is 1.05. The Morgan fingerprint density at radius 1 is 0.667 bits per heavy atom. The van der Waals surface area contributed by atoms with Gasteiger partial charge < -0.3 is 9.62 Å². The second-order valence-corrected chi connectivity index (χ2v) is 3.73. The van der Waals surface area contributed by atoms with Crippen LogP contribution in [-0.2, 0) is 29.6 Å². The largest absolute Gasteiger partial charge is 0.498 e. The van der Waals surface area contributed by atoms with Gasteiger partial charge in [0.1, 0.15) is 6.26 Å². The van der Waals surface area contributed by atoms with Crippen molar-refractivity contribution >= 4 is 0 Å². The Bertz CT molecular complexity index is 185. The molecule has 0 aromatic rings. The van der Waals surface area contributed by atoms with Gasteiger partial charge in [0.2, 0.25) is 0 Å². The molecule has 0 aromatic carbocycles. The van der Waals surface area contributed by atoms with E-state index in [1.807, 2.05) is 0 Å². The number of allylic oxidation sites excluding steroid dienone is 1. The average molecular weight is 260 g/mol. The minimum atomic E-state index is 0.388. The maximum Gasteiger partial charge on any atom is 0.167 e. The predicted molar refractivity (Wildman–Crippen MR) is 62.2 cm³/mol. The van der Waals surface area contributed by atoms with Crippen LogP contribution in [0.5, 0.6) is 0 Å². The summed E-state index contributed by atoms with van der Waals surface area (Å²) in [6, 6.07) is 0. The average Bonchev–Trinajstić information content (AvgIpc) is 2.39. The summed E-state index contributed by atoms with van der Waals surface area (Å²) in [7, 11) is 0. The summed E-state index contributed by atoms with van der Waals surface area (Å²) >= 11 is 0. The smallest absolute Gasteiger partial charge is 0.167 e. The van der Waals surface area contributed by atoms with Crippen LogP contribution >= 0.6 is 0 Å². The molecule has 1 aliphatic rings. The first-order valence-electron chi connectivity index (χ1n) is 6.20. The van der Waals surface area contributed by atoms with E-state index in [2.05, 4.69) is 37.0 Å². The van der Waals surface area contributed by atoms with Gasteiger partial charge in [0.05, 0.1) is 13.2 Å². The van der Waals surface area contributed by atoms with Gasteiger partial charge in [0.25, 0.3) is 0 Å². The number of hydrogen-bond acceptors (Lipinski definition) is 6. The third kappa shape index (κ3) is 10.1. The summed E-state index contributed by atoms with van der Waals surface area (Å²) in [5, 5.41) is 12.5. The van der Waals surface area contributed by atoms with Crippen molar-refractivity contribution in [3.05, 3.63) is 24.7 Å². The maximum atomic E-state index is 5.15. The highest BCUT2D eigenvalue weighted by atomic mass is 17.8. The molecule has 0 aromatic heterocycles. The van der Waals surface area contributed by atoms with Crippen LogP contribution in [0.4, 0.5) is 0 Å². The van der Waals surface area contributed by atoms with E-state index in [0.29, 0.717) is 13.2 Å².